The van der Waals surface area contributed by atoms with Gasteiger partial charge in [0.15, 0.2) is 5.82 Å². The van der Waals surface area contributed by atoms with Crippen molar-refractivity contribution in [2.24, 2.45) is 16.6 Å². The minimum Gasteiger partial charge on any atom is -0.402 e. The van der Waals surface area contributed by atoms with Crippen LogP contribution in [0.25, 0.3) is 16.7 Å². The fourth-order valence-corrected chi connectivity index (χ4v) is 6.61. The number of hydrogen-bond donors (Lipinski definition) is 3. The fourth-order valence-electron chi connectivity index (χ4n) is 5.96. The Kier molecular flexibility index (Phi) is 6.91. The van der Waals surface area contributed by atoms with Gasteiger partial charge in [-0.3, -0.25) is 14.8 Å². The van der Waals surface area contributed by atoms with Gasteiger partial charge in [0, 0.05) is 65.4 Å². The number of H-pyrrole nitrogens is 1. The lowest BCUT2D eigenvalue weighted by Crippen LogP contribution is -2.28. The first-order valence-electron chi connectivity index (χ1n) is 14.3. The van der Waals surface area contributed by atoms with Crippen LogP contribution in [0.4, 0.5) is 11.5 Å². The molecule has 1 saturated carbocycles. The first-order valence-corrected chi connectivity index (χ1v) is 15.3. The van der Waals surface area contributed by atoms with E-state index in [0.29, 0.717) is 24.6 Å². The number of aromatic amines is 1. The van der Waals surface area contributed by atoms with Crippen molar-refractivity contribution in [1.29, 1.82) is 0 Å². The average Bonchev–Trinajstić information content (AvgIpc) is 3.66. The third-order valence-corrected chi connectivity index (χ3v) is 8.86. The van der Waals surface area contributed by atoms with E-state index in [1.54, 1.807) is 23.7 Å². The number of nitrogens with zero attached hydrogens (tertiary/aromatic N) is 5. The number of rotatable bonds is 5. The molecule has 4 N–H and O–H groups in total. The summed E-state index contributed by atoms with van der Waals surface area (Å²) in [6.07, 6.45) is 15.3. The van der Waals surface area contributed by atoms with Gasteiger partial charge < -0.3 is 20.9 Å². The molecular weight excluding hydrogens is 544 g/mol. The van der Waals surface area contributed by atoms with E-state index in [2.05, 4.69) is 38.2 Å². The number of thiophene rings is 1. The van der Waals surface area contributed by atoms with E-state index in [9.17, 15) is 4.79 Å². The van der Waals surface area contributed by atoms with Gasteiger partial charge in [-0.1, -0.05) is 25.3 Å². The zero-order valence-corrected chi connectivity index (χ0v) is 24.2. The molecule has 1 amide bonds. The molecule has 0 unspecified atom stereocenters. The maximum Gasteiger partial charge on any atom is 0.227 e. The number of allylic oxidation sites excluding steroid dienone is 3. The Morgan fingerprint density at radius 2 is 1.95 bits per heavy atom. The summed E-state index contributed by atoms with van der Waals surface area (Å²) in [7, 11) is 1.98. The molecule has 0 aromatic carbocycles. The monoisotopic (exact) mass is 576 g/mol. The van der Waals surface area contributed by atoms with Crippen LogP contribution in [0.5, 0.6) is 0 Å². The SMILES string of the molecule is CN1CN=C(c2nc3c([nH]2)CC(N)=CC=C3c2ccsc2)c2cc(-c3cncc(NC(=O)C4CCCCC4)c3)cnc21. The molecule has 7 rings (SSSR count). The molecule has 9 nitrogen and oxygen atoms in total. The molecule has 0 bridgehead atoms. The third-order valence-electron chi connectivity index (χ3n) is 8.17. The number of nitrogens with two attached hydrogens (primary N) is 1. The predicted molar refractivity (Wildman–Crippen MR) is 168 cm³/mol. The molecule has 1 fully saturated rings. The molecule has 10 heteroatoms. The summed E-state index contributed by atoms with van der Waals surface area (Å²) in [6.45, 7) is 0.472. The van der Waals surface area contributed by atoms with Crippen molar-refractivity contribution < 1.29 is 4.79 Å². The summed E-state index contributed by atoms with van der Waals surface area (Å²) in [5, 5.41) is 7.28. The van der Waals surface area contributed by atoms with Crippen molar-refractivity contribution in [1.82, 2.24) is 19.9 Å². The zero-order valence-electron chi connectivity index (χ0n) is 23.4. The molecule has 4 aromatic rings. The van der Waals surface area contributed by atoms with E-state index in [4.69, 9.17) is 20.7 Å². The van der Waals surface area contributed by atoms with Crippen LogP contribution in [-0.2, 0) is 11.2 Å². The van der Waals surface area contributed by atoms with Crippen LogP contribution in [0.1, 0.15) is 60.4 Å². The summed E-state index contributed by atoms with van der Waals surface area (Å²) in [5.41, 5.74) is 15.2. The van der Waals surface area contributed by atoms with E-state index in [0.717, 1.165) is 82.1 Å². The minimum atomic E-state index is 0.0754. The van der Waals surface area contributed by atoms with Gasteiger partial charge >= 0.3 is 0 Å². The van der Waals surface area contributed by atoms with Crippen molar-refractivity contribution in [2.75, 3.05) is 23.9 Å². The molecule has 1 aliphatic heterocycles. The van der Waals surface area contributed by atoms with Crippen LogP contribution in [-0.4, -0.2) is 45.3 Å². The lowest BCUT2D eigenvalue weighted by Gasteiger charge is -2.25. The topological polar surface area (TPSA) is 125 Å². The lowest BCUT2D eigenvalue weighted by molar-refractivity contribution is -0.120. The highest BCUT2D eigenvalue weighted by molar-refractivity contribution is 7.08. The lowest BCUT2D eigenvalue weighted by atomic mass is 9.88. The first kappa shape index (κ1) is 26.3. The number of fused-ring (bicyclic) bond motifs is 2. The summed E-state index contributed by atoms with van der Waals surface area (Å²) in [6, 6.07) is 6.14. The molecule has 42 heavy (non-hydrogen) atoms. The second kappa shape index (κ2) is 11.0. The molecule has 212 valence electrons. The van der Waals surface area contributed by atoms with Crippen molar-refractivity contribution in [3.05, 3.63) is 93.7 Å². The number of carbonyl (C=O) groups excluding carboxylic acids is 1. The summed E-state index contributed by atoms with van der Waals surface area (Å²) in [4.78, 5) is 37.7. The number of imidazole rings is 1. The Morgan fingerprint density at radius 3 is 2.79 bits per heavy atom. The third kappa shape index (κ3) is 5.02. The summed E-state index contributed by atoms with van der Waals surface area (Å²) < 4.78 is 0. The molecule has 0 spiro atoms. The fraction of sp³-hybridized carbons (Fsp3) is 0.281. The van der Waals surface area contributed by atoms with Crippen molar-refractivity contribution >= 4 is 40.0 Å². The smallest absolute Gasteiger partial charge is 0.227 e. The molecule has 4 aromatic heterocycles. The van der Waals surface area contributed by atoms with Crippen LogP contribution < -0.4 is 16.0 Å². The Balaban J connectivity index is 1.22. The van der Waals surface area contributed by atoms with Gasteiger partial charge in [-0.15, -0.1) is 0 Å². The quantitative estimate of drug-likeness (QED) is 0.287. The Hall–Kier alpha value is -4.57. The van der Waals surface area contributed by atoms with E-state index < -0.39 is 0 Å². The molecular formula is C32H32N8OS. The standard InChI is InChI=1S/C32H32N8OS/c1-40-18-36-29(30-38-27-13-23(33)7-8-25(28(27)39-30)20-9-10-42-17-20)26-12-22(15-35-31(26)40)21-11-24(16-34-14-21)37-32(41)19-5-3-2-4-6-19/h7-12,14-17,19H,2-6,13,18,33H2,1H3,(H,37,41)(H,38,39). The maximum atomic E-state index is 12.9. The van der Waals surface area contributed by atoms with Crippen LogP contribution in [0.2, 0.25) is 0 Å². The Bertz CT molecular complexity index is 1740. The van der Waals surface area contributed by atoms with Gasteiger partial charge in [0.1, 0.15) is 18.2 Å². The second-order valence-corrected chi connectivity index (χ2v) is 11.9. The van der Waals surface area contributed by atoms with E-state index >= 15 is 0 Å². The van der Waals surface area contributed by atoms with Gasteiger partial charge in [-0.2, -0.15) is 11.3 Å². The molecule has 0 radical (unpaired) electrons. The van der Waals surface area contributed by atoms with Gasteiger partial charge in [0.25, 0.3) is 0 Å². The number of amides is 1. The van der Waals surface area contributed by atoms with Gasteiger partial charge in [0.2, 0.25) is 5.91 Å². The highest BCUT2D eigenvalue weighted by Crippen LogP contribution is 2.33. The summed E-state index contributed by atoms with van der Waals surface area (Å²) >= 11 is 1.66. The van der Waals surface area contributed by atoms with Crippen LogP contribution >= 0.6 is 11.3 Å². The second-order valence-electron chi connectivity index (χ2n) is 11.2. The predicted octanol–water partition coefficient (Wildman–Crippen LogP) is 5.52. The van der Waals surface area contributed by atoms with Crippen molar-refractivity contribution in [2.45, 2.75) is 38.5 Å². The molecule has 3 aliphatic rings. The van der Waals surface area contributed by atoms with Gasteiger partial charge in [-0.25, -0.2) is 9.97 Å². The highest BCUT2D eigenvalue weighted by Gasteiger charge is 2.27. The number of hydrogen-bond acceptors (Lipinski definition) is 8. The normalized spacial score (nSPS) is 17.0. The molecule has 0 atom stereocenters. The number of aliphatic imine (C=N–C) groups is 1. The Morgan fingerprint density at radius 1 is 1.10 bits per heavy atom. The number of pyridine rings is 2. The number of aromatic nitrogens is 4. The van der Waals surface area contributed by atoms with Crippen molar-refractivity contribution in [3.8, 4) is 11.1 Å². The molecule has 5 heterocycles. The Labute approximate surface area is 248 Å². The van der Waals surface area contributed by atoms with E-state index in [-0.39, 0.29) is 11.8 Å². The van der Waals surface area contributed by atoms with Crippen LogP contribution in [0.15, 0.2) is 70.4 Å². The number of carbonyl (C=O) groups is 1. The highest BCUT2D eigenvalue weighted by atomic mass is 32.1. The van der Waals surface area contributed by atoms with Crippen LogP contribution in [0, 0.1) is 5.92 Å². The maximum absolute atomic E-state index is 12.9. The largest absolute Gasteiger partial charge is 0.402 e. The van der Waals surface area contributed by atoms with Gasteiger partial charge in [-0.05, 0) is 53.4 Å². The zero-order chi connectivity index (χ0) is 28.6. The minimum absolute atomic E-state index is 0.0754. The van der Waals surface area contributed by atoms with Crippen LogP contribution in [0.3, 0.4) is 0 Å². The molecule has 0 saturated heterocycles. The first-order chi connectivity index (χ1) is 20.5. The number of anilines is 2. The summed E-state index contributed by atoms with van der Waals surface area (Å²) in [5.74, 6) is 1.68. The van der Waals surface area contributed by atoms with E-state index in [1.807, 2.05) is 36.4 Å². The van der Waals surface area contributed by atoms with Crippen molar-refractivity contribution in [3.63, 3.8) is 0 Å². The molecule has 2 aliphatic carbocycles. The van der Waals surface area contributed by atoms with E-state index in [1.165, 1.54) is 6.42 Å². The average molecular weight is 577 g/mol. The van der Waals surface area contributed by atoms with Gasteiger partial charge in [0.05, 0.1) is 17.6 Å². The number of nitrogens with one attached hydrogen (secondary N) is 2.